The third-order valence-electron chi connectivity index (χ3n) is 5.79. The van der Waals surface area contributed by atoms with Crippen LogP contribution in [0.5, 0.6) is 0 Å². The van der Waals surface area contributed by atoms with Crippen LogP contribution in [-0.2, 0) is 0 Å². The van der Waals surface area contributed by atoms with Gasteiger partial charge in [-0.3, -0.25) is 14.0 Å². The Kier molecular flexibility index (Phi) is 3.88. The molecule has 1 saturated heterocycles. The van der Waals surface area contributed by atoms with E-state index in [2.05, 4.69) is 9.55 Å². The molecule has 2 aliphatic rings. The Labute approximate surface area is 161 Å². The average molecular weight is 403 g/mol. The maximum Gasteiger partial charge on any atom is 0.271 e. The van der Waals surface area contributed by atoms with Crippen molar-refractivity contribution >= 4 is 38.3 Å². The molecule has 0 spiro atoms. The van der Waals surface area contributed by atoms with Crippen molar-refractivity contribution in [3.63, 3.8) is 0 Å². The molecule has 3 N–H and O–H groups in total. The summed E-state index contributed by atoms with van der Waals surface area (Å²) in [6, 6.07) is 2.58. The van der Waals surface area contributed by atoms with Crippen LogP contribution < -0.4 is 21.6 Å². The zero-order valence-electron chi connectivity index (χ0n) is 14.9. The third kappa shape index (κ3) is 2.44. The molecule has 1 aliphatic carbocycles. The van der Waals surface area contributed by atoms with Crippen LogP contribution in [0.3, 0.4) is 0 Å². The fourth-order valence-electron chi connectivity index (χ4n) is 4.18. The lowest BCUT2D eigenvalue weighted by atomic mass is 10.1. The highest BCUT2D eigenvalue weighted by molar-refractivity contribution is 7.12. The molecule has 3 heterocycles. The minimum Gasteiger partial charge on any atom is -0.366 e. The molecule has 2 fully saturated rings. The molecule has 0 bridgehead atoms. The molecule has 1 aliphatic heterocycles. The van der Waals surface area contributed by atoms with Crippen molar-refractivity contribution in [2.24, 2.45) is 16.8 Å². The van der Waals surface area contributed by atoms with Crippen molar-refractivity contribution in [3.8, 4) is 0 Å². The predicted octanol–water partition coefficient (Wildman–Crippen LogP) is 1.91. The van der Waals surface area contributed by atoms with Gasteiger partial charge in [0.15, 0.2) is 0 Å². The van der Waals surface area contributed by atoms with Gasteiger partial charge in [-0.05, 0) is 43.1 Å². The van der Waals surface area contributed by atoms with E-state index in [1.807, 2.05) is 4.57 Å². The van der Waals surface area contributed by atoms with Gasteiger partial charge in [-0.15, -0.1) is 0 Å². The van der Waals surface area contributed by atoms with Gasteiger partial charge in [0.1, 0.15) is 22.1 Å². The Morgan fingerprint density at radius 2 is 2.07 bits per heavy atom. The van der Waals surface area contributed by atoms with E-state index in [0.717, 1.165) is 24.4 Å². The summed E-state index contributed by atoms with van der Waals surface area (Å²) in [5.41, 5.74) is 5.78. The lowest BCUT2D eigenvalue weighted by Gasteiger charge is -2.21. The van der Waals surface area contributed by atoms with Crippen molar-refractivity contribution < 1.29 is 4.39 Å². The van der Waals surface area contributed by atoms with E-state index in [9.17, 15) is 18.9 Å². The normalized spacial score (nSPS) is 22.4. The van der Waals surface area contributed by atoms with E-state index >= 15 is 0 Å². The van der Waals surface area contributed by atoms with Crippen LogP contribution in [0.2, 0.25) is 0 Å². The highest BCUT2D eigenvalue weighted by Crippen LogP contribution is 2.41. The van der Waals surface area contributed by atoms with Crippen LogP contribution in [-0.4, -0.2) is 34.6 Å². The number of fused-ring (bicyclic) bond motifs is 2. The Morgan fingerprint density at radius 1 is 1.29 bits per heavy atom. The first-order chi connectivity index (χ1) is 13.5. The molecule has 0 radical (unpaired) electrons. The smallest absolute Gasteiger partial charge is 0.271 e. The van der Waals surface area contributed by atoms with Gasteiger partial charge in [0, 0.05) is 30.4 Å². The van der Waals surface area contributed by atoms with Crippen LogP contribution in [0.15, 0.2) is 26.9 Å². The SMILES string of the molecule is NCC1CN(c2cc3c(cc2F)c(=O)c2c(=O)[nH]sc2n3C2CC2)CC1N=O. The maximum atomic E-state index is 15.0. The molecular weight excluding hydrogens is 385 g/mol. The van der Waals surface area contributed by atoms with Gasteiger partial charge in [0.2, 0.25) is 5.43 Å². The Hall–Kier alpha value is -2.59. The number of hydrogen-bond donors (Lipinski definition) is 2. The molecule has 5 rings (SSSR count). The second kappa shape index (κ2) is 6.21. The number of nitrogens with zero attached hydrogens (tertiary/aromatic N) is 3. The summed E-state index contributed by atoms with van der Waals surface area (Å²) < 4.78 is 19.6. The van der Waals surface area contributed by atoms with Gasteiger partial charge in [-0.25, -0.2) is 4.39 Å². The number of aromatic amines is 1. The summed E-state index contributed by atoms with van der Waals surface area (Å²) in [7, 11) is 0. The van der Waals surface area contributed by atoms with E-state index in [-0.39, 0.29) is 22.7 Å². The summed E-state index contributed by atoms with van der Waals surface area (Å²) >= 11 is 1.13. The van der Waals surface area contributed by atoms with E-state index in [0.29, 0.717) is 35.7 Å². The number of H-pyrrole nitrogens is 1. The van der Waals surface area contributed by atoms with Gasteiger partial charge in [0.05, 0.1) is 11.2 Å². The first-order valence-corrected chi connectivity index (χ1v) is 10.0. The van der Waals surface area contributed by atoms with E-state index < -0.39 is 22.8 Å². The molecular formula is C18H18FN5O3S. The lowest BCUT2D eigenvalue weighted by Crippen LogP contribution is -2.24. The molecule has 1 aromatic carbocycles. The van der Waals surface area contributed by atoms with Gasteiger partial charge in [-0.2, -0.15) is 4.91 Å². The summed E-state index contributed by atoms with van der Waals surface area (Å²) in [6.07, 6.45) is 1.89. The first kappa shape index (κ1) is 17.5. The van der Waals surface area contributed by atoms with Crippen LogP contribution in [0.4, 0.5) is 10.1 Å². The summed E-state index contributed by atoms with van der Waals surface area (Å²) in [4.78, 5) is 38.4. The molecule has 3 aromatic rings. The van der Waals surface area contributed by atoms with Gasteiger partial charge >= 0.3 is 0 Å². The second-order valence-electron chi connectivity index (χ2n) is 7.54. The number of aromatic nitrogens is 2. The molecule has 28 heavy (non-hydrogen) atoms. The number of hydrogen-bond acceptors (Lipinski definition) is 7. The number of nitrogens with one attached hydrogen (secondary N) is 1. The number of nitroso groups, excluding NO2 is 1. The Bertz CT molecular complexity index is 1230. The monoisotopic (exact) mass is 403 g/mol. The number of benzene rings is 1. The van der Waals surface area contributed by atoms with Crippen LogP contribution in [0.25, 0.3) is 21.1 Å². The van der Waals surface area contributed by atoms with Crippen molar-refractivity contribution in [3.05, 3.63) is 43.4 Å². The molecule has 2 unspecified atom stereocenters. The Balaban J connectivity index is 1.76. The fraction of sp³-hybridized carbons (Fsp3) is 0.444. The minimum absolute atomic E-state index is 0.0890. The second-order valence-corrected chi connectivity index (χ2v) is 8.33. The number of anilines is 1. The molecule has 2 atom stereocenters. The number of nitrogens with two attached hydrogens (primary N) is 1. The van der Waals surface area contributed by atoms with Crippen LogP contribution >= 0.6 is 11.5 Å². The number of pyridine rings is 1. The quantitative estimate of drug-likeness (QED) is 0.646. The van der Waals surface area contributed by atoms with Crippen LogP contribution in [0.1, 0.15) is 18.9 Å². The predicted molar refractivity (Wildman–Crippen MR) is 107 cm³/mol. The van der Waals surface area contributed by atoms with E-state index in [4.69, 9.17) is 5.73 Å². The fourth-order valence-corrected chi connectivity index (χ4v) is 5.10. The zero-order chi connectivity index (χ0) is 19.6. The molecule has 1 saturated carbocycles. The summed E-state index contributed by atoms with van der Waals surface area (Å²) in [5, 5.41) is 3.42. The van der Waals surface area contributed by atoms with Crippen molar-refractivity contribution in [1.82, 2.24) is 8.94 Å². The lowest BCUT2D eigenvalue weighted by molar-refractivity contribution is 0.526. The molecule has 10 heteroatoms. The standard InChI is InChI=1S/C18H18FN5O3S/c19-11-3-10-13(4-14(11)23-6-8(5-20)12(7-23)21-27)24(9-1-2-9)18-15(16(10)25)17(26)22-28-18/h3-4,8-9,12H,1-2,5-7,20H2,(H,22,26). The average Bonchev–Trinajstić information content (AvgIpc) is 3.32. The molecule has 8 nitrogen and oxygen atoms in total. The molecule has 2 aromatic heterocycles. The van der Waals surface area contributed by atoms with E-state index in [1.54, 1.807) is 11.0 Å². The third-order valence-corrected chi connectivity index (χ3v) is 6.68. The molecule has 0 amide bonds. The molecule has 146 valence electrons. The van der Waals surface area contributed by atoms with Gasteiger partial charge in [-0.1, -0.05) is 5.18 Å². The largest absolute Gasteiger partial charge is 0.366 e. The Morgan fingerprint density at radius 3 is 2.71 bits per heavy atom. The summed E-state index contributed by atoms with van der Waals surface area (Å²) in [6.45, 7) is 1.02. The maximum absolute atomic E-state index is 15.0. The zero-order valence-corrected chi connectivity index (χ0v) is 15.7. The van der Waals surface area contributed by atoms with Crippen LogP contribution in [0, 0.1) is 16.6 Å². The number of halogens is 1. The highest BCUT2D eigenvalue weighted by atomic mass is 32.1. The van der Waals surface area contributed by atoms with E-state index in [1.165, 1.54) is 6.07 Å². The van der Waals surface area contributed by atoms with Crippen molar-refractivity contribution in [2.75, 3.05) is 24.5 Å². The summed E-state index contributed by atoms with van der Waals surface area (Å²) in [5.74, 6) is -0.684. The number of rotatable bonds is 4. The minimum atomic E-state index is -0.555. The topological polar surface area (TPSA) is 114 Å². The highest BCUT2D eigenvalue weighted by Gasteiger charge is 2.35. The van der Waals surface area contributed by atoms with Crippen molar-refractivity contribution in [1.29, 1.82) is 0 Å². The van der Waals surface area contributed by atoms with Gasteiger partial charge < -0.3 is 15.2 Å². The first-order valence-electron chi connectivity index (χ1n) is 9.20. The van der Waals surface area contributed by atoms with Gasteiger partial charge in [0.25, 0.3) is 5.56 Å². The van der Waals surface area contributed by atoms with Crippen molar-refractivity contribution in [2.45, 2.75) is 24.9 Å².